The summed E-state index contributed by atoms with van der Waals surface area (Å²) in [5.74, 6) is 1.41. The summed E-state index contributed by atoms with van der Waals surface area (Å²) in [6.45, 7) is 0. The van der Waals surface area contributed by atoms with Crippen LogP contribution in [0.3, 0.4) is 0 Å². The van der Waals surface area contributed by atoms with E-state index in [2.05, 4.69) is 528 Å². The van der Waals surface area contributed by atoms with Crippen LogP contribution in [0, 0.1) is 0 Å². The van der Waals surface area contributed by atoms with Crippen LogP contribution in [-0.2, 0) is 0 Å². The third kappa shape index (κ3) is 16.3. The fourth-order valence-corrected chi connectivity index (χ4v) is 21.8. The van der Waals surface area contributed by atoms with Crippen LogP contribution in [0.4, 0.5) is 0 Å². The van der Waals surface area contributed by atoms with E-state index in [0.717, 1.165) is 134 Å². The topological polar surface area (TPSA) is 71.3 Å². The first kappa shape index (κ1) is 87.2. The van der Waals surface area contributed by atoms with E-state index in [4.69, 9.17) is 19.9 Å². The average Bonchev–Trinajstić information content (AvgIpc) is 1.58. The van der Waals surface area contributed by atoms with Crippen molar-refractivity contribution < 1.29 is 0 Å². The number of hydrogen-bond acceptors (Lipinski definition) is 4. The van der Waals surface area contributed by atoms with Crippen molar-refractivity contribution in [2.24, 2.45) is 0 Å². The number of hydrogen-bond donors (Lipinski definition) is 0. The molecule has 0 aliphatic rings. The smallest absolute Gasteiger partial charge is 0.160 e. The zero-order valence-electron chi connectivity index (χ0n) is 80.7. The van der Waals surface area contributed by atoms with Gasteiger partial charge in [0.05, 0.1) is 66.9 Å². The second-order valence-corrected chi connectivity index (χ2v) is 38.0. The van der Waals surface area contributed by atoms with Crippen LogP contribution in [0.1, 0.15) is 0 Å². The molecular weight excluding hydrogens is 1790 g/mol. The summed E-state index contributed by atoms with van der Waals surface area (Å²) >= 11 is 0. The van der Waals surface area contributed by atoms with Crippen LogP contribution >= 0.6 is 0 Å². The Morgan fingerprint density at radius 2 is 0.291 bits per heavy atom. The number of rotatable bonds is 18. The van der Waals surface area contributed by atoms with Gasteiger partial charge in [0.1, 0.15) is 0 Å². The van der Waals surface area contributed by atoms with Gasteiger partial charge in [0, 0.05) is 99.2 Å². The van der Waals surface area contributed by atoms with Gasteiger partial charge in [-0.1, -0.05) is 388 Å². The number of benzene rings is 22. The van der Waals surface area contributed by atoms with Gasteiger partial charge in [-0.3, -0.25) is 0 Å². The normalized spacial score (nSPS) is 11.5. The van der Waals surface area contributed by atoms with Crippen LogP contribution in [0.5, 0.6) is 0 Å². The van der Waals surface area contributed by atoms with Gasteiger partial charge in [0.15, 0.2) is 11.6 Å². The van der Waals surface area contributed by atoms with Crippen molar-refractivity contribution in [3.63, 3.8) is 0 Å². The fraction of sp³-hybridized carbons (Fsp3) is 0. The lowest BCUT2D eigenvalue weighted by atomic mass is 9.97. The van der Waals surface area contributed by atoms with E-state index in [0.29, 0.717) is 11.6 Å². The Hall–Kier alpha value is -19.8. The molecule has 0 bridgehead atoms. The molecule has 8 heteroatoms. The van der Waals surface area contributed by atoms with Crippen molar-refractivity contribution in [2.45, 2.75) is 0 Å². The van der Waals surface area contributed by atoms with Gasteiger partial charge >= 0.3 is 0 Å². The van der Waals surface area contributed by atoms with E-state index in [1.807, 2.05) is 48.5 Å². The van der Waals surface area contributed by atoms with Gasteiger partial charge in [-0.15, -0.1) is 0 Å². The molecule has 692 valence electrons. The van der Waals surface area contributed by atoms with Crippen LogP contribution in [0.15, 0.2) is 558 Å². The van der Waals surface area contributed by atoms with E-state index in [-0.39, 0.29) is 0 Å². The molecule has 0 aliphatic heterocycles. The monoisotopic (exact) mass is 1880 g/mol. The van der Waals surface area contributed by atoms with Gasteiger partial charge < -0.3 is 18.3 Å². The highest BCUT2D eigenvalue weighted by Crippen LogP contribution is 2.46. The van der Waals surface area contributed by atoms with Crippen LogP contribution in [-0.4, -0.2) is 38.2 Å². The minimum absolute atomic E-state index is 0.704. The molecule has 0 fully saturated rings. The summed E-state index contributed by atoms with van der Waals surface area (Å²) in [4.78, 5) is 20.3. The summed E-state index contributed by atoms with van der Waals surface area (Å²) in [5, 5.41) is 9.79. The summed E-state index contributed by atoms with van der Waals surface area (Å²) in [5.41, 5.74) is 42.3. The predicted molar refractivity (Wildman–Crippen MR) is 618 cm³/mol. The number of aromatic nitrogens is 8. The molecule has 6 heterocycles. The Morgan fingerprint density at radius 1 is 0.101 bits per heavy atom. The minimum Gasteiger partial charge on any atom is -0.309 e. The summed E-state index contributed by atoms with van der Waals surface area (Å²) in [6, 6.07) is 200. The minimum atomic E-state index is 0.704. The highest BCUT2D eigenvalue weighted by atomic mass is 15.0. The second-order valence-electron chi connectivity index (χ2n) is 38.0. The maximum absolute atomic E-state index is 5.14. The Balaban J connectivity index is 0.000000148. The van der Waals surface area contributed by atoms with Gasteiger partial charge in [-0.2, -0.15) is 0 Å². The van der Waals surface area contributed by atoms with E-state index >= 15 is 0 Å². The quantitative estimate of drug-likeness (QED) is 0.0858. The summed E-state index contributed by atoms with van der Waals surface area (Å²) in [6.07, 6.45) is 0. The molecule has 28 rings (SSSR count). The summed E-state index contributed by atoms with van der Waals surface area (Å²) < 4.78 is 9.63. The molecule has 0 amide bonds. The molecule has 0 saturated carbocycles. The van der Waals surface area contributed by atoms with Crippen molar-refractivity contribution in [1.82, 2.24) is 38.2 Å². The first-order valence-electron chi connectivity index (χ1n) is 50.4. The lowest BCUT2D eigenvalue weighted by Gasteiger charge is -2.13. The van der Waals surface area contributed by atoms with Gasteiger partial charge in [-0.25, -0.2) is 19.9 Å². The molecule has 8 nitrogen and oxygen atoms in total. The van der Waals surface area contributed by atoms with Crippen LogP contribution in [0.2, 0.25) is 0 Å². The third-order valence-electron chi connectivity index (χ3n) is 29.0. The van der Waals surface area contributed by atoms with Crippen molar-refractivity contribution in [3.05, 3.63) is 558 Å². The maximum Gasteiger partial charge on any atom is 0.160 e. The standard InChI is InChI=1S/C76H50N4.C64H42N4/c1-6-18-51(19-7-1)59-34-40-72-66(46-59)68-48-61(36-42-73(68)79(72)64-30-14-5-15-31-64)62-37-43-75-69(49-62)67-47-60(52-20-8-2-9-21-52)35-41-74(67)80(75)65-38-32-53(33-39-65)56-26-16-27-57(44-56)58-28-17-29-63(45-58)71-50-70(54-22-10-3-11-23-54)77-76(78-71)55-24-12-4-13-25-55;1-5-17-43(18-6-1)48-31-34-62-56(39-48)57-41-50(49-32-35-61-55(40-49)54-29-13-14-30-60(54)67(61)52-26-11-4-12-27-52)33-36-63(57)68(62)53-28-16-24-47(38-53)46-23-15-25-51(37-46)59-42-58(44-19-7-2-8-20-44)65-64(66-59)45-21-9-3-10-22-45/h1-50H;1-42H. The number of fused-ring (bicyclic) bond motifs is 12. The molecule has 0 atom stereocenters. The fourth-order valence-electron chi connectivity index (χ4n) is 21.8. The highest BCUT2D eigenvalue weighted by Gasteiger charge is 2.24. The first-order valence-corrected chi connectivity index (χ1v) is 50.4. The Bertz CT molecular complexity index is 9800. The molecule has 22 aromatic carbocycles. The highest BCUT2D eigenvalue weighted by molar-refractivity contribution is 6.16. The molecule has 148 heavy (non-hydrogen) atoms. The van der Waals surface area contributed by atoms with E-state index in [1.165, 1.54) is 121 Å². The zero-order valence-corrected chi connectivity index (χ0v) is 80.7. The zero-order chi connectivity index (χ0) is 97.9. The van der Waals surface area contributed by atoms with E-state index in [9.17, 15) is 0 Å². The molecule has 0 aliphatic carbocycles. The summed E-state index contributed by atoms with van der Waals surface area (Å²) in [7, 11) is 0. The molecule has 0 radical (unpaired) electrons. The van der Waals surface area contributed by atoms with Crippen LogP contribution in [0.25, 0.3) is 267 Å². The van der Waals surface area contributed by atoms with E-state index in [1.54, 1.807) is 0 Å². The van der Waals surface area contributed by atoms with Gasteiger partial charge in [0.2, 0.25) is 0 Å². The lowest BCUT2D eigenvalue weighted by molar-refractivity contribution is 1.18. The van der Waals surface area contributed by atoms with Crippen molar-refractivity contribution >= 4 is 87.2 Å². The van der Waals surface area contributed by atoms with Crippen molar-refractivity contribution in [2.75, 3.05) is 0 Å². The molecule has 28 aromatic rings. The largest absolute Gasteiger partial charge is 0.309 e. The molecule has 0 unspecified atom stereocenters. The first-order chi connectivity index (χ1) is 73.3. The lowest BCUT2D eigenvalue weighted by Crippen LogP contribution is -1.96. The molecular formula is C140H92N8. The maximum atomic E-state index is 5.14. The van der Waals surface area contributed by atoms with Crippen molar-refractivity contribution in [1.29, 1.82) is 0 Å². The number of nitrogens with zero attached hydrogens (tertiary/aromatic N) is 8. The predicted octanol–water partition coefficient (Wildman–Crippen LogP) is 36.7. The molecule has 6 aromatic heterocycles. The molecule has 0 spiro atoms. The van der Waals surface area contributed by atoms with Gasteiger partial charge in [-0.05, 0) is 259 Å². The molecule has 0 saturated heterocycles. The van der Waals surface area contributed by atoms with Gasteiger partial charge in [0.25, 0.3) is 0 Å². The Labute approximate surface area is 857 Å². The van der Waals surface area contributed by atoms with Crippen LogP contribution < -0.4 is 0 Å². The average molecular weight is 1890 g/mol. The Morgan fingerprint density at radius 3 is 0.622 bits per heavy atom. The van der Waals surface area contributed by atoms with E-state index < -0.39 is 0 Å². The van der Waals surface area contributed by atoms with Crippen molar-refractivity contribution in [3.8, 4) is 180 Å². The number of para-hydroxylation sites is 3. The third-order valence-corrected chi connectivity index (χ3v) is 29.0. The molecule has 0 N–H and O–H groups in total. The SMILES string of the molecule is c1ccc(-c2ccc3c(c2)c2cc(-c4ccc5c(c4)c4cc(-c6ccccc6)ccc4n5-c4ccc(-c5cccc(-c6cccc(-c7cc(-c8ccccc8)nc(-c8ccccc8)n7)c6)c5)cc4)ccc2n3-c2ccccc2)cc1.c1ccc(-c2ccc3c(c2)c2cc(-c4ccc5c(c4)c4ccccc4n5-c4ccccc4)ccc2n3-c2cccc(-c3cccc(-c4cc(-c5ccccc5)nc(-c5ccccc5)n4)c3)c2)cc1. The Kier molecular flexibility index (Phi) is 22.1. The second kappa shape index (κ2) is 37.6.